The first-order valence-electron chi connectivity index (χ1n) is 1.89. The average molecular weight is 143 g/mol. The second-order valence-corrected chi connectivity index (χ2v) is 4.08. The smallest absolute Gasteiger partial charge is 0.163 e. The Morgan fingerprint density at radius 3 is 2.00 bits per heavy atom. The van der Waals surface area contributed by atoms with Crippen molar-refractivity contribution in [3.05, 3.63) is 0 Å². The van der Waals surface area contributed by atoms with Crippen molar-refractivity contribution in [1.29, 1.82) is 0 Å². The molecular weight excluding hydrogens is 136 g/mol. The monoisotopic (exact) mass is 142 g/mol. The van der Waals surface area contributed by atoms with Gasteiger partial charge < -0.3 is 0 Å². The summed E-state index contributed by atoms with van der Waals surface area (Å²) in [6, 6.07) is 0. The maximum absolute atomic E-state index is 10.2. The second kappa shape index (κ2) is 2.52. The lowest BCUT2D eigenvalue weighted by Crippen LogP contribution is -2.02. The molecule has 0 unspecified atom stereocenters. The molecule has 0 heterocycles. The maximum Gasteiger partial charge on any atom is 0.163 e. The van der Waals surface area contributed by atoms with Crippen LogP contribution in [0.2, 0.25) is 0 Å². The molecule has 44 valence electrons. The third kappa shape index (κ3) is 2.88. The molecule has 0 N–H and O–H groups in total. The molecular formula is C3H7ClO2S. The van der Waals surface area contributed by atoms with E-state index in [4.69, 9.17) is 11.6 Å². The van der Waals surface area contributed by atoms with Crippen LogP contribution in [0, 0.1) is 0 Å². The Hall–Kier alpha value is 0.240. The summed E-state index contributed by atoms with van der Waals surface area (Å²) in [5, 5.41) is -0.260. The van der Waals surface area contributed by atoms with Crippen LogP contribution in [0.25, 0.3) is 0 Å². The van der Waals surface area contributed by atoms with Gasteiger partial charge in [0.1, 0.15) is 5.21 Å². The molecule has 4 heteroatoms. The van der Waals surface area contributed by atoms with E-state index in [1.54, 1.807) is 6.92 Å². The molecule has 0 saturated carbocycles. The van der Waals surface area contributed by atoms with Crippen molar-refractivity contribution in [2.24, 2.45) is 0 Å². The van der Waals surface area contributed by atoms with Crippen LogP contribution < -0.4 is 0 Å². The Balaban J connectivity index is 3.89. The highest BCUT2D eigenvalue weighted by atomic mass is 35.5. The zero-order valence-electron chi connectivity index (χ0n) is 4.02. The van der Waals surface area contributed by atoms with E-state index >= 15 is 0 Å². The third-order valence-electron chi connectivity index (χ3n) is 0.606. The molecule has 7 heavy (non-hydrogen) atoms. The van der Waals surface area contributed by atoms with Crippen molar-refractivity contribution in [1.82, 2.24) is 0 Å². The van der Waals surface area contributed by atoms with Crippen molar-refractivity contribution in [2.45, 2.75) is 6.92 Å². The lowest BCUT2D eigenvalue weighted by Gasteiger charge is -1.87. The number of rotatable bonds is 2. The molecule has 0 rings (SSSR count). The van der Waals surface area contributed by atoms with Gasteiger partial charge in [-0.05, 0) is 0 Å². The lowest BCUT2D eigenvalue weighted by atomic mass is 11.0. The van der Waals surface area contributed by atoms with Gasteiger partial charge in [0.05, 0.1) is 0 Å². The molecule has 0 bridgehead atoms. The Bertz CT molecular complexity index is 116. The highest BCUT2D eigenvalue weighted by Crippen LogP contribution is 1.90. The topological polar surface area (TPSA) is 34.1 Å². The summed E-state index contributed by atoms with van der Waals surface area (Å²) in [5.74, 6) is 0.135. The predicted octanol–water partition coefficient (Wildman–Crippen LogP) is 0.617. The number of hydrogen-bond donors (Lipinski definition) is 0. The van der Waals surface area contributed by atoms with Gasteiger partial charge in [0, 0.05) is 5.75 Å². The molecule has 0 amide bonds. The molecule has 0 aromatic carbocycles. The molecule has 0 saturated heterocycles. The molecule has 0 atom stereocenters. The van der Waals surface area contributed by atoms with E-state index in [0.717, 1.165) is 0 Å². The molecule has 0 aromatic rings. The van der Waals surface area contributed by atoms with Crippen LogP contribution in [-0.2, 0) is 9.84 Å². The maximum atomic E-state index is 10.2. The number of hydrogen-bond acceptors (Lipinski definition) is 2. The quantitative estimate of drug-likeness (QED) is 0.530. The van der Waals surface area contributed by atoms with Gasteiger partial charge in [-0.25, -0.2) is 8.42 Å². The average Bonchev–Trinajstić information content (AvgIpc) is 1.68. The summed E-state index contributed by atoms with van der Waals surface area (Å²) >= 11 is 5.01. The van der Waals surface area contributed by atoms with Crippen LogP contribution in [0.5, 0.6) is 0 Å². The first kappa shape index (κ1) is 7.24. The third-order valence-corrected chi connectivity index (χ3v) is 2.82. The van der Waals surface area contributed by atoms with E-state index in [1.807, 2.05) is 0 Å². The predicted molar refractivity (Wildman–Crippen MR) is 30.2 cm³/mol. The van der Waals surface area contributed by atoms with Crippen molar-refractivity contribution >= 4 is 21.4 Å². The minimum absolute atomic E-state index is 0.135. The summed E-state index contributed by atoms with van der Waals surface area (Å²) in [7, 11) is -2.89. The fourth-order valence-corrected chi connectivity index (χ4v) is 0.694. The summed E-state index contributed by atoms with van der Waals surface area (Å²) in [6.07, 6.45) is 0. The number of sulfone groups is 1. The van der Waals surface area contributed by atoms with Crippen molar-refractivity contribution in [3.63, 3.8) is 0 Å². The van der Waals surface area contributed by atoms with Gasteiger partial charge in [-0.1, -0.05) is 6.92 Å². The van der Waals surface area contributed by atoms with Gasteiger partial charge in [0.15, 0.2) is 9.84 Å². The largest absolute Gasteiger partial charge is 0.228 e. The van der Waals surface area contributed by atoms with Crippen LogP contribution >= 0.6 is 11.6 Å². The summed E-state index contributed by atoms with van der Waals surface area (Å²) in [4.78, 5) is 0. The van der Waals surface area contributed by atoms with E-state index in [1.165, 1.54) is 0 Å². The zero-order chi connectivity index (χ0) is 5.91. The SMILES string of the molecule is CCS(=O)(=O)CCl. The minimum atomic E-state index is -2.89. The Labute approximate surface area is 48.4 Å². The molecule has 0 fully saturated rings. The fraction of sp³-hybridized carbons (Fsp3) is 1.00. The Morgan fingerprint density at radius 2 is 2.00 bits per heavy atom. The summed E-state index contributed by atoms with van der Waals surface area (Å²) in [6.45, 7) is 1.57. The fourth-order valence-electron chi connectivity index (χ4n) is 0.0772. The standard InChI is InChI=1S/C3H7ClO2S/c1-2-7(5,6)3-4/h2-3H2,1H3. The van der Waals surface area contributed by atoms with E-state index in [2.05, 4.69) is 0 Å². The normalized spacial score (nSPS) is 11.7. The molecule has 0 aromatic heterocycles. The molecule has 0 spiro atoms. The van der Waals surface area contributed by atoms with Crippen LogP contribution in [0.3, 0.4) is 0 Å². The molecule has 0 aliphatic heterocycles. The molecule has 0 aliphatic carbocycles. The minimum Gasteiger partial charge on any atom is -0.228 e. The van der Waals surface area contributed by atoms with Gasteiger partial charge in [0.2, 0.25) is 0 Å². The molecule has 0 radical (unpaired) electrons. The van der Waals surface area contributed by atoms with E-state index in [0.29, 0.717) is 0 Å². The Kier molecular flexibility index (Phi) is 2.61. The van der Waals surface area contributed by atoms with Gasteiger partial charge >= 0.3 is 0 Å². The molecule has 2 nitrogen and oxygen atoms in total. The van der Waals surface area contributed by atoms with Crippen LogP contribution in [-0.4, -0.2) is 19.4 Å². The first-order valence-corrected chi connectivity index (χ1v) is 4.24. The van der Waals surface area contributed by atoms with Gasteiger partial charge in [0.25, 0.3) is 0 Å². The van der Waals surface area contributed by atoms with E-state index < -0.39 is 9.84 Å². The summed E-state index contributed by atoms with van der Waals surface area (Å²) < 4.78 is 20.5. The zero-order valence-corrected chi connectivity index (χ0v) is 5.59. The first-order chi connectivity index (χ1) is 3.12. The van der Waals surface area contributed by atoms with Crippen LogP contribution in [0.4, 0.5) is 0 Å². The van der Waals surface area contributed by atoms with Crippen LogP contribution in [0.15, 0.2) is 0 Å². The van der Waals surface area contributed by atoms with Gasteiger partial charge in [-0.3, -0.25) is 0 Å². The Morgan fingerprint density at radius 1 is 1.57 bits per heavy atom. The number of halogens is 1. The van der Waals surface area contributed by atoms with Crippen molar-refractivity contribution in [2.75, 3.05) is 11.0 Å². The van der Waals surface area contributed by atoms with Crippen LogP contribution in [0.1, 0.15) is 6.92 Å². The van der Waals surface area contributed by atoms with E-state index in [-0.39, 0.29) is 11.0 Å². The second-order valence-electron chi connectivity index (χ2n) is 1.14. The highest BCUT2D eigenvalue weighted by Gasteiger charge is 2.01. The van der Waals surface area contributed by atoms with Crippen molar-refractivity contribution in [3.8, 4) is 0 Å². The van der Waals surface area contributed by atoms with Gasteiger partial charge in [-0.15, -0.1) is 11.6 Å². The number of alkyl halides is 1. The highest BCUT2D eigenvalue weighted by molar-refractivity contribution is 7.92. The van der Waals surface area contributed by atoms with E-state index in [9.17, 15) is 8.42 Å². The molecule has 0 aliphatic rings. The summed E-state index contributed by atoms with van der Waals surface area (Å²) in [5.41, 5.74) is 0. The lowest BCUT2D eigenvalue weighted by molar-refractivity contribution is 0.601. The van der Waals surface area contributed by atoms with Crippen molar-refractivity contribution < 1.29 is 8.42 Å². The van der Waals surface area contributed by atoms with Gasteiger partial charge in [-0.2, -0.15) is 0 Å².